The van der Waals surface area contributed by atoms with Crippen molar-refractivity contribution in [3.63, 3.8) is 0 Å². The lowest BCUT2D eigenvalue weighted by molar-refractivity contribution is 0.0689. The van der Waals surface area contributed by atoms with Crippen molar-refractivity contribution in [3.8, 4) is 11.4 Å². The fourth-order valence-corrected chi connectivity index (χ4v) is 1.88. The van der Waals surface area contributed by atoms with Crippen molar-refractivity contribution in [1.82, 2.24) is 9.97 Å². The molecule has 2 rings (SSSR count). The Labute approximate surface area is 114 Å². The zero-order valence-electron chi connectivity index (χ0n) is 8.39. The summed E-state index contributed by atoms with van der Waals surface area (Å²) in [5.74, 6) is -0.698. The molecule has 17 heavy (non-hydrogen) atoms. The molecule has 0 aliphatic carbocycles. The molecule has 0 bridgehead atoms. The lowest BCUT2D eigenvalue weighted by atomic mass is 10.2. The van der Waals surface area contributed by atoms with E-state index in [-0.39, 0.29) is 5.69 Å². The summed E-state index contributed by atoms with van der Waals surface area (Å²) in [6, 6.07) is 7.33. The maximum Gasteiger partial charge on any atom is 0.355 e. The van der Waals surface area contributed by atoms with Gasteiger partial charge in [-0.05, 0) is 28.1 Å². The van der Waals surface area contributed by atoms with Crippen molar-refractivity contribution in [1.29, 1.82) is 0 Å². The predicted octanol–water partition coefficient (Wildman–Crippen LogP) is 3.37. The minimum atomic E-state index is -1.09. The zero-order chi connectivity index (χ0) is 12.4. The number of aromatic nitrogens is 2. The van der Waals surface area contributed by atoms with E-state index in [0.29, 0.717) is 10.3 Å². The molecule has 0 amide bonds. The number of rotatable bonds is 2. The Morgan fingerprint density at radius 3 is 2.41 bits per heavy atom. The van der Waals surface area contributed by atoms with E-state index in [1.54, 1.807) is 0 Å². The van der Waals surface area contributed by atoms with Gasteiger partial charge in [0.1, 0.15) is 0 Å². The molecule has 0 saturated heterocycles. The normalized spacial score (nSPS) is 10.2. The molecule has 0 saturated carbocycles. The molecular weight excluding hydrogens is 352 g/mol. The van der Waals surface area contributed by atoms with Crippen LogP contribution in [0.2, 0.25) is 0 Å². The molecule has 1 aromatic heterocycles. The number of aromatic carboxylic acids is 1. The summed E-state index contributed by atoms with van der Waals surface area (Å²) in [4.78, 5) is 19.0. The Morgan fingerprint density at radius 2 is 1.82 bits per heavy atom. The zero-order valence-corrected chi connectivity index (χ0v) is 11.6. The number of carbonyl (C=O) groups is 1. The van der Waals surface area contributed by atoms with E-state index in [0.717, 1.165) is 10.0 Å². The standard InChI is InChI=1S/C11H6Br2N2O2/c12-7-3-1-6(2-4-7)10-14-5-8(13)9(15-10)11(16)17/h1-5H,(H,16,17). The van der Waals surface area contributed by atoms with Gasteiger partial charge in [-0.3, -0.25) is 0 Å². The SMILES string of the molecule is O=C(O)c1nc(-c2ccc(Br)cc2)ncc1Br. The highest BCUT2D eigenvalue weighted by molar-refractivity contribution is 9.10. The number of halogens is 2. The lowest BCUT2D eigenvalue weighted by Crippen LogP contribution is -2.04. The summed E-state index contributed by atoms with van der Waals surface area (Å²) < 4.78 is 1.31. The number of hydrogen-bond acceptors (Lipinski definition) is 3. The molecule has 0 unspecified atom stereocenters. The number of hydrogen-bond donors (Lipinski definition) is 1. The smallest absolute Gasteiger partial charge is 0.355 e. The topological polar surface area (TPSA) is 63.1 Å². The largest absolute Gasteiger partial charge is 0.476 e. The fraction of sp³-hybridized carbons (Fsp3) is 0. The molecule has 0 aliphatic heterocycles. The molecule has 0 fully saturated rings. The Balaban J connectivity index is 2.50. The summed E-state index contributed by atoms with van der Waals surface area (Å²) in [6.07, 6.45) is 1.44. The molecule has 1 aromatic carbocycles. The van der Waals surface area contributed by atoms with Gasteiger partial charge in [-0.15, -0.1) is 0 Å². The number of carboxylic acids is 1. The molecule has 4 nitrogen and oxygen atoms in total. The van der Waals surface area contributed by atoms with E-state index in [9.17, 15) is 4.79 Å². The van der Waals surface area contributed by atoms with E-state index in [1.807, 2.05) is 24.3 Å². The maximum atomic E-state index is 10.9. The average Bonchev–Trinajstić information content (AvgIpc) is 2.30. The molecule has 1 heterocycles. The van der Waals surface area contributed by atoms with Gasteiger partial charge in [0, 0.05) is 16.2 Å². The Morgan fingerprint density at radius 1 is 1.18 bits per heavy atom. The van der Waals surface area contributed by atoms with Gasteiger partial charge < -0.3 is 5.11 Å². The second kappa shape index (κ2) is 4.93. The first-order valence-corrected chi connectivity index (χ1v) is 6.18. The average molecular weight is 358 g/mol. The third-order valence-corrected chi connectivity index (χ3v) is 3.16. The van der Waals surface area contributed by atoms with Gasteiger partial charge in [-0.1, -0.05) is 28.1 Å². The van der Waals surface area contributed by atoms with Gasteiger partial charge in [0.05, 0.1) is 4.47 Å². The first-order valence-electron chi connectivity index (χ1n) is 4.59. The number of nitrogens with zero attached hydrogens (tertiary/aromatic N) is 2. The van der Waals surface area contributed by atoms with E-state index in [4.69, 9.17) is 5.11 Å². The van der Waals surface area contributed by atoms with Gasteiger partial charge in [0.15, 0.2) is 11.5 Å². The molecule has 1 N–H and O–H groups in total. The second-order valence-electron chi connectivity index (χ2n) is 3.20. The third kappa shape index (κ3) is 2.70. The van der Waals surface area contributed by atoms with E-state index in [1.165, 1.54) is 6.20 Å². The summed E-state index contributed by atoms with van der Waals surface area (Å²) in [7, 11) is 0. The fourth-order valence-electron chi connectivity index (χ4n) is 1.26. The summed E-state index contributed by atoms with van der Waals surface area (Å²) in [5, 5.41) is 8.95. The van der Waals surface area contributed by atoms with Gasteiger partial charge in [0.2, 0.25) is 0 Å². The molecule has 0 atom stereocenters. The quantitative estimate of drug-likeness (QED) is 0.894. The number of carboxylic acid groups (broad SMARTS) is 1. The van der Waals surface area contributed by atoms with Gasteiger partial charge in [-0.2, -0.15) is 0 Å². The van der Waals surface area contributed by atoms with Crippen LogP contribution in [-0.2, 0) is 0 Å². The highest BCUT2D eigenvalue weighted by atomic mass is 79.9. The second-order valence-corrected chi connectivity index (χ2v) is 4.97. The van der Waals surface area contributed by atoms with E-state index in [2.05, 4.69) is 41.8 Å². The molecule has 0 radical (unpaired) electrons. The molecule has 2 aromatic rings. The van der Waals surface area contributed by atoms with Crippen LogP contribution in [0.1, 0.15) is 10.5 Å². The molecule has 0 aliphatic rings. The minimum absolute atomic E-state index is 0.0436. The van der Waals surface area contributed by atoms with Crippen LogP contribution in [0.15, 0.2) is 39.4 Å². The molecule has 6 heteroatoms. The summed E-state index contributed by atoms with van der Waals surface area (Å²) in [5.41, 5.74) is 0.723. The van der Waals surface area contributed by atoms with E-state index >= 15 is 0 Å². The van der Waals surface area contributed by atoms with Crippen molar-refractivity contribution >= 4 is 37.8 Å². The van der Waals surface area contributed by atoms with Crippen LogP contribution >= 0.6 is 31.9 Å². The van der Waals surface area contributed by atoms with Crippen LogP contribution in [0.5, 0.6) is 0 Å². The predicted molar refractivity (Wildman–Crippen MR) is 69.8 cm³/mol. The monoisotopic (exact) mass is 356 g/mol. The van der Waals surface area contributed by atoms with Crippen LogP contribution < -0.4 is 0 Å². The third-order valence-electron chi connectivity index (χ3n) is 2.05. The van der Waals surface area contributed by atoms with Crippen molar-refractivity contribution in [3.05, 3.63) is 45.1 Å². The van der Waals surface area contributed by atoms with Crippen molar-refractivity contribution < 1.29 is 9.90 Å². The molecule has 86 valence electrons. The Kier molecular flexibility index (Phi) is 3.54. The van der Waals surface area contributed by atoms with Crippen molar-refractivity contribution in [2.24, 2.45) is 0 Å². The Bertz CT molecular complexity index is 570. The van der Waals surface area contributed by atoms with Gasteiger partial charge in [0.25, 0.3) is 0 Å². The lowest BCUT2D eigenvalue weighted by Gasteiger charge is -2.03. The Hall–Kier alpha value is -1.27. The minimum Gasteiger partial charge on any atom is -0.476 e. The van der Waals surface area contributed by atoms with Crippen LogP contribution in [0.4, 0.5) is 0 Å². The van der Waals surface area contributed by atoms with Crippen molar-refractivity contribution in [2.75, 3.05) is 0 Å². The summed E-state index contributed by atoms with van der Waals surface area (Å²) >= 11 is 6.43. The van der Waals surface area contributed by atoms with Gasteiger partial charge in [-0.25, -0.2) is 14.8 Å². The first kappa shape index (κ1) is 12.2. The maximum absolute atomic E-state index is 10.9. The summed E-state index contributed by atoms with van der Waals surface area (Å²) in [6.45, 7) is 0. The molecular formula is C11H6Br2N2O2. The first-order chi connectivity index (χ1) is 8.08. The highest BCUT2D eigenvalue weighted by Crippen LogP contribution is 2.21. The van der Waals surface area contributed by atoms with Crippen LogP contribution in [0, 0.1) is 0 Å². The van der Waals surface area contributed by atoms with Crippen LogP contribution in [-0.4, -0.2) is 21.0 Å². The van der Waals surface area contributed by atoms with Crippen LogP contribution in [0.3, 0.4) is 0 Å². The van der Waals surface area contributed by atoms with Crippen molar-refractivity contribution in [2.45, 2.75) is 0 Å². The molecule has 0 spiro atoms. The van der Waals surface area contributed by atoms with E-state index < -0.39 is 5.97 Å². The number of benzene rings is 1. The van der Waals surface area contributed by atoms with Gasteiger partial charge >= 0.3 is 5.97 Å². The van der Waals surface area contributed by atoms with Crippen LogP contribution in [0.25, 0.3) is 11.4 Å². The highest BCUT2D eigenvalue weighted by Gasteiger charge is 2.12.